The molecular formula is C35H36N4O. The van der Waals surface area contributed by atoms with Crippen LogP contribution in [0.3, 0.4) is 0 Å². The van der Waals surface area contributed by atoms with E-state index in [1.165, 1.54) is 22.5 Å². The Morgan fingerprint density at radius 3 is 2.10 bits per heavy atom. The van der Waals surface area contributed by atoms with E-state index in [4.69, 9.17) is 4.98 Å². The molecule has 1 N–H and O–H groups in total. The summed E-state index contributed by atoms with van der Waals surface area (Å²) in [5, 5.41) is 10.9. The number of nitrogens with zero attached hydrogens (tertiary/aromatic N) is 4. The molecule has 1 aromatic heterocycles. The second kappa shape index (κ2) is 10.2. The van der Waals surface area contributed by atoms with Crippen LogP contribution in [0.25, 0.3) is 28.3 Å². The van der Waals surface area contributed by atoms with Crippen LogP contribution in [-0.2, 0) is 0 Å². The smallest absolute Gasteiger partial charge is 0.148 e. The summed E-state index contributed by atoms with van der Waals surface area (Å²) in [5.74, 6) is 1.61. The van der Waals surface area contributed by atoms with Gasteiger partial charge in [-0.25, -0.2) is 4.98 Å². The lowest BCUT2D eigenvalue weighted by atomic mass is 9.92. The number of fused-ring (bicyclic) bond motifs is 1. The zero-order chi connectivity index (χ0) is 28.0. The van der Waals surface area contributed by atoms with Gasteiger partial charge < -0.3 is 14.9 Å². The fourth-order valence-electron chi connectivity index (χ4n) is 5.77. The van der Waals surface area contributed by atoms with Crippen molar-refractivity contribution in [2.75, 3.05) is 23.5 Å². The van der Waals surface area contributed by atoms with E-state index in [0.717, 1.165) is 35.1 Å². The molecule has 5 nitrogen and oxygen atoms in total. The van der Waals surface area contributed by atoms with Crippen LogP contribution in [0.4, 0.5) is 17.1 Å². The molecule has 0 saturated carbocycles. The summed E-state index contributed by atoms with van der Waals surface area (Å²) in [6.07, 6.45) is 2.14. The van der Waals surface area contributed by atoms with Gasteiger partial charge >= 0.3 is 0 Å². The Hall–Kier alpha value is -4.51. The monoisotopic (exact) mass is 528 g/mol. The maximum Gasteiger partial charge on any atom is 0.148 e. The van der Waals surface area contributed by atoms with Gasteiger partial charge in [-0.3, -0.25) is 4.57 Å². The van der Waals surface area contributed by atoms with Crippen molar-refractivity contribution in [2.45, 2.75) is 39.5 Å². The first kappa shape index (κ1) is 25.8. The number of hydrogen-bond acceptors (Lipinski definition) is 4. The van der Waals surface area contributed by atoms with Crippen molar-refractivity contribution >= 4 is 17.1 Å². The molecule has 0 amide bonds. The van der Waals surface area contributed by atoms with Gasteiger partial charge in [0.25, 0.3) is 0 Å². The number of rotatable bonds is 6. The van der Waals surface area contributed by atoms with E-state index in [1.54, 1.807) is 6.07 Å². The number of benzene rings is 4. The number of imidazole rings is 1. The Morgan fingerprint density at radius 2 is 1.40 bits per heavy atom. The lowest BCUT2D eigenvalue weighted by Crippen LogP contribution is -2.23. The highest BCUT2D eigenvalue weighted by molar-refractivity contribution is 5.83. The Bertz CT molecular complexity index is 1660. The Balaban J connectivity index is 1.54. The van der Waals surface area contributed by atoms with Crippen LogP contribution < -0.4 is 9.80 Å². The maximum absolute atomic E-state index is 10.9. The Labute approximate surface area is 237 Å². The minimum atomic E-state index is 0.222. The Kier molecular flexibility index (Phi) is 6.59. The number of para-hydroxylation sites is 4. The Morgan fingerprint density at radius 1 is 0.750 bits per heavy atom. The van der Waals surface area contributed by atoms with Gasteiger partial charge in [0.15, 0.2) is 0 Å². The molecule has 0 radical (unpaired) electrons. The van der Waals surface area contributed by atoms with Crippen molar-refractivity contribution in [2.24, 2.45) is 0 Å². The normalized spacial score (nSPS) is 13.0. The minimum Gasteiger partial charge on any atom is -0.507 e. The molecule has 40 heavy (non-hydrogen) atoms. The van der Waals surface area contributed by atoms with Gasteiger partial charge in [-0.15, -0.1) is 0 Å². The predicted molar refractivity (Wildman–Crippen MR) is 166 cm³/mol. The highest BCUT2D eigenvalue weighted by Crippen LogP contribution is 2.42. The second-order valence-electron chi connectivity index (χ2n) is 11.2. The summed E-state index contributed by atoms with van der Waals surface area (Å²) >= 11 is 0. The SMILES string of the molecule is CC(C)c1cccc(C(C)C)c1-n1cc(-c2cccc(N3CN(C)c4ccccc43)c2)nc1-c1ccccc1O. The second-order valence-corrected chi connectivity index (χ2v) is 11.2. The number of hydrogen-bond donors (Lipinski definition) is 1. The molecule has 6 rings (SSSR count). The van der Waals surface area contributed by atoms with Gasteiger partial charge in [0.1, 0.15) is 11.6 Å². The highest BCUT2D eigenvalue weighted by atomic mass is 16.3. The first-order valence-electron chi connectivity index (χ1n) is 14.0. The van der Waals surface area contributed by atoms with Crippen LogP contribution >= 0.6 is 0 Å². The molecule has 5 aromatic rings. The van der Waals surface area contributed by atoms with Crippen LogP contribution in [-0.4, -0.2) is 28.4 Å². The van der Waals surface area contributed by atoms with E-state index in [1.807, 2.05) is 18.2 Å². The van der Waals surface area contributed by atoms with Crippen molar-refractivity contribution in [3.05, 3.63) is 108 Å². The molecule has 0 saturated heterocycles. The van der Waals surface area contributed by atoms with Crippen molar-refractivity contribution < 1.29 is 5.11 Å². The van der Waals surface area contributed by atoms with Crippen LogP contribution in [0, 0.1) is 0 Å². The van der Waals surface area contributed by atoms with E-state index in [0.29, 0.717) is 17.4 Å². The van der Waals surface area contributed by atoms with Gasteiger partial charge in [0, 0.05) is 24.5 Å². The number of phenolic OH excluding ortho intramolecular Hbond substituents is 1. The molecule has 0 aliphatic carbocycles. The maximum atomic E-state index is 10.9. The molecule has 0 atom stereocenters. The third-order valence-corrected chi connectivity index (χ3v) is 7.83. The summed E-state index contributed by atoms with van der Waals surface area (Å²) < 4.78 is 2.20. The average Bonchev–Trinajstić information content (AvgIpc) is 3.55. The van der Waals surface area contributed by atoms with Crippen LogP contribution in [0.5, 0.6) is 5.75 Å². The topological polar surface area (TPSA) is 44.5 Å². The first-order valence-corrected chi connectivity index (χ1v) is 14.0. The summed E-state index contributed by atoms with van der Waals surface area (Å²) in [6.45, 7) is 9.72. The fraction of sp³-hybridized carbons (Fsp3) is 0.229. The van der Waals surface area contributed by atoms with E-state index in [-0.39, 0.29) is 5.75 Å². The zero-order valence-electron chi connectivity index (χ0n) is 23.8. The van der Waals surface area contributed by atoms with Crippen molar-refractivity contribution in [1.82, 2.24) is 9.55 Å². The fourth-order valence-corrected chi connectivity index (χ4v) is 5.77. The molecule has 0 fully saturated rings. The highest BCUT2D eigenvalue weighted by Gasteiger charge is 2.25. The molecule has 4 aromatic carbocycles. The predicted octanol–water partition coefficient (Wildman–Crippen LogP) is 8.70. The lowest BCUT2D eigenvalue weighted by Gasteiger charge is -2.22. The van der Waals surface area contributed by atoms with Crippen molar-refractivity contribution in [3.63, 3.8) is 0 Å². The first-order chi connectivity index (χ1) is 19.3. The standard InChI is InChI=1S/C35H36N4O/c1-23(2)27-15-11-16-28(24(3)4)34(27)38-21-30(36-35(38)29-14-6-9-19-33(29)40)25-12-10-13-26(20-25)39-22-37(5)31-17-7-8-18-32(31)39/h6-21,23-24,40H,22H2,1-5H3. The van der Waals surface area contributed by atoms with Gasteiger partial charge in [-0.1, -0.05) is 82.3 Å². The summed E-state index contributed by atoms with van der Waals surface area (Å²) in [6, 6.07) is 31.2. The van der Waals surface area contributed by atoms with E-state index in [2.05, 4.69) is 122 Å². The molecule has 0 spiro atoms. The average molecular weight is 529 g/mol. The van der Waals surface area contributed by atoms with E-state index in [9.17, 15) is 5.11 Å². The van der Waals surface area contributed by atoms with Crippen molar-refractivity contribution in [1.29, 1.82) is 0 Å². The van der Waals surface area contributed by atoms with Gasteiger partial charge in [-0.2, -0.15) is 0 Å². The van der Waals surface area contributed by atoms with E-state index >= 15 is 0 Å². The molecule has 1 aliphatic rings. The molecule has 202 valence electrons. The minimum absolute atomic E-state index is 0.222. The van der Waals surface area contributed by atoms with Crippen LogP contribution in [0.1, 0.15) is 50.7 Å². The molecular weight excluding hydrogens is 492 g/mol. The summed E-state index contributed by atoms with van der Waals surface area (Å²) in [7, 11) is 2.13. The largest absolute Gasteiger partial charge is 0.507 e. The molecule has 1 aliphatic heterocycles. The zero-order valence-corrected chi connectivity index (χ0v) is 23.8. The molecule has 0 bridgehead atoms. The number of phenols is 1. The number of anilines is 3. The van der Waals surface area contributed by atoms with Crippen LogP contribution in [0.15, 0.2) is 97.2 Å². The van der Waals surface area contributed by atoms with Crippen molar-refractivity contribution in [3.8, 4) is 34.1 Å². The van der Waals surface area contributed by atoms with E-state index < -0.39 is 0 Å². The van der Waals surface area contributed by atoms with Gasteiger partial charge in [0.05, 0.1) is 35.0 Å². The van der Waals surface area contributed by atoms with Crippen LogP contribution in [0.2, 0.25) is 0 Å². The third-order valence-electron chi connectivity index (χ3n) is 7.83. The van der Waals surface area contributed by atoms with Gasteiger partial charge in [-0.05, 0) is 59.4 Å². The molecule has 0 unspecified atom stereocenters. The summed E-state index contributed by atoms with van der Waals surface area (Å²) in [4.78, 5) is 9.79. The number of aromatic nitrogens is 2. The third kappa shape index (κ3) is 4.41. The number of aromatic hydroxyl groups is 1. The molecule has 5 heteroatoms. The quantitative estimate of drug-likeness (QED) is 0.239. The molecule has 2 heterocycles. The lowest BCUT2D eigenvalue weighted by molar-refractivity contribution is 0.477. The van der Waals surface area contributed by atoms with Gasteiger partial charge in [0.2, 0.25) is 0 Å². The summed E-state index contributed by atoms with van der Waals surface area (Å²) in [5.41, 5.74) is 9.85.